The fraction of sp³-hybridized carbons (Fsp3) is 0.231. The van der Waals surface area contributed by atoms with Crippen molar-refractivity contribution < 1.29 is 9.18 Å². The summed E-state index contributed by atoms with van der Waals surface area (Å²) in [6.07, 6.45) is 4.79. The van der Waals surface area contributed by atoms with E-state index in [2.05, 4.69) is 15.5 Å². The summed E-state index contributed by atoms with van der Waals surface area (Å²) in [5, 5.41) is 9.33. The first-order chi connectivity index (χ1) is 8.70. The van der Waals surface area contributed by atoms with Gasteiger partial charge in [-0.05, 0) is 30.5 Å². The summed E-state index contributed by atoms with van der Waals surface area (Å²) in [5.41, 5.74) is 1.12. The molecule has 0 atom stereocenters. The van der Waals surface area contributed by atoms with Gasteiger partial charge in [0.05, 0.1) is 17.3 Å². The highest BCUT2D eigenvalue weighted by molar-refractivity contribution is 5.94. The molecule has 18 heavy (non-hydrogen) atoms. The van der Waals surface area contributed by atoms with E-state index in [1.807, 2.05) is 0 Å². The Bertz CT molecular complexity index is 558. The zero-order valence-electron chi connectivity index (χ0n) is 9.61. The number of nitrogens with one attached hydrogen (secondary N) is 2. The van der Waals surface area contributed by atoms with Crippen LogP contribution in [0.25, 0.3) is 0 Å². The fourth-order valence-electron chi connectivity index (χ4n) is 2.04. The number of nitrogens with zero attached hydrogens (tertiary/aromatic N) is 1. The van der Waals surface area contributed by atoms with Crippen LogP contribution in [-0.2, 0) is 5.54 Å². The lowest BCUT2D eigenvalue weighted by Gasteiger charge is -2.17. The van der Waals surface area contributed by atoms with E-state index in [0.717, 1.165) is 18.4 Å². The van der Waals surface area contributed by atoms with Crippen molar-refractivity contribution >= 4 is 5.91 Å². The van der Waals surface area contributed by atoms with Crippen LogP contribution in [0.15, 0.2) is 36.7 Å². The standard InChI is InChI=1S/C13H12FN3O/c14-11-3-1-10(2-4-11)13(5-6-13)17-12(18)9-7-15-16-8-9/h1-4,7-8H,5-6H2,(H,15,16)(H,17,18). The number of H-pyrrole nitrogens is 1. The van der Waals surface area contributed by atoms with Crippen molar-refractivity contribution in [1.82, 2.24) is 15.5 Å². The van der Waals surface area contributed by atoms with Crippen molar-refractivity contribution in [1.29, 1.82) is 0 Å². The molecule has 1 heterocycles. The highest BCUT2D eigenvalue weighted by Crippen LogP contribution is 2.45. The SMILES string of the molecule is O=C(NC1(c2ccc(F)cc2)CC1)c1cn[nH]c1. The van der Waals surface area contributed by atoms with Crippen molar-refractivity contribution in [3.63, 3.8) is 0 Å². The molecule has 1 aliphatic carbocycles. The van der Waals surface area contributed by atoms with Crippen LogP contribution < -0.4 is 5.32 Å². The summed E-state index contributed by atoms with van der Waals surface area (Å²) in [4.78, 5) is 12.0. The number of benzene rings is 1. The van der Waals surface area contributed by atoms with Gasteiger partial charge in [-0.25, -0.2) is 4.39 Å². The molecule has 1 aromatic heterocycles. The zero-order valence-corrected chi connectivity index (χ0v) is 9.61. The van der Waals surface area contributed by atoms with E-state index in [9.17, 15) is 9.18 Å². The molecule has 1 saturated carbocycles. The van der Waals surface area contributed by atoms with E-state index in [1.165, 1.54) is 18.3 Å². The number of aromatic amines is 1. The number of hydrogen-bond donors (Lipinski definition) is 2. The zero-order chi connectivity index (χ0) is 12.6. The predicted octanol–water partition coefficient (Wildman–Crippen LogP) is 1.97. The first kappa shape index (κ1) is 11.0. The number of amides is 1. The van der Waals surface area contributed by atoms with Crippen molar-refractivity contribution in [2.75, 3.05) is 0 Å². The Kier molecular flexibility index (Phi) is 2.40. The van der Waals surface area contributed by atoms with Crippen molar-refractivity contribution in [3.8, 4) is 0 Å². The molecule has 92 valence electrons. The number of rotatable bonds is 3. The van der Waals surface area contributed by atoms with Crippen molar-refractivity contribution in [3.05, 3.63) is 53.6 Å². The Labute approximate surface area is 103 Å². The Balaban J connectivity index is 1.80. The Hall–Kier alpha value is -2.17. The smallest absolute Gasteiger partial charge is 0.255 e. The molecule has 2 N–H and O–H groups in total. The Morgan fingerprint density at radius 2 is 2.06 bits per heavy atom. The van der Waals surface area contributed by atoms with E-state index in [0.29, 0.717) is 5.56 Å². The van der Waals surface area contributed by atoms with Gasteiger partial charge in [-0.1, -0.05) is 12.1 Å². The minimum Gasteiger partial charge on any atom is -0.342 e. The van der Waals surface area contributed by atoms with Crippen LogP contribution in [0, 0.1) is 5.82 Å². The van der Waals surface area contributed by atoms with E-state index in [-0.39, 0.29) is 17.3 Å². The van der Waals surface area contributed by atoms with E-state index < -0.39 is 0 Å². The van der Waals surface area contributed by atoms with Gasteiger partial charge in [0, 0.05) is 6.20 Å². The van der Waals surface area contributed by atoms with Gasteiger partial charge in [0.1, 0.15) is 5.82 Å². The summed E-state index contributed by atoms with van der Waals surface area (Å²) in [6.45, 7) is 0. The number of halogens is 1. The fourth-order valence-corrected chi connectivity index (χ4v) is 2.04. The molecule has 1 fully saturated rings. The molecule has 1 aliphatic rings. The van der Waals surface area contributed by atoms with Crippen LogP contribution in [0.1, 0.15) is 28.8 Å². The maximum atomic E-state index is 12.9. The van der Waals surface area contributed by atoms with Gasteiger partial charge < -0.3 is 5.32 Å². The van der Waals surface area contributed by atoms with Gasteiger partial charge in [0.15, 0.2) is 0 Å². The third-order valence-corrected chi connectivity index (χ3v) is 3.26. The molecular formula is C13H12FN3O. The molecule has 3 rings (SSSR count). The minimum absolute atomic E-state index is 0.162. The number of carbonyl (C=O) groups excluding carboxylic acids is 1. The summed E-state index contributed by atoms with van der Waals surface area (Å²) in [5.74, 6) is -0.429. The third-order valence-electron chi connectivity index (χ3n) is 3.26. The Morgan fingerprint density at radius 1 is 1.33 bits per heavy atom. The molecule has 0 unspecified atom stereocenters. The van der Waals surface area contributed by atoms with Crippen LogP contribution in [0.5, 0.6) is 0 Å². The maximum Gasteiger partial charge on any atom is 0.255 e. The highest BCUT2D eigenvalue weighted by atomic mass is 19.1. The second-order valence-electron chi connectivity index (χ2n) is 4.53. The average Bonchev–Trinajstić information content (AvgIpc) is 2.94. The molecular weight excluding hydrogens is 233 g/mol. The lowest BCUT2D eigenvalue weighted by molar-refractivity contribution is 0.0931. The van der Waals surface area contributed by atoms with Crippen LogP contribution >= 0.6 is 0 Å². The third kappa shape index (κ3) is 1.88. The second-order valence-corrected chi connectivity index (χ2v) is 4.53. The first-order valence-corrected chi connectivity index (χ1v) is 5.77. The summed E-state index contributed by atoms with van der Waals surface area (Å²) >= 11 is 0. The van der Waals surface area contributed by atoms with Gasteiger partial charge in [-0.3, -0.25) is 9.89 Å². The topological polar surface area (TPSA) is 57.8 Å². The van der Waals surface area contributed by atoms with Crippen molar-refractivity contribution in [2.24, 2.45) is 0 Å². The van der Waals surface area contributed by atoms with Gasteiger partial charge >= 0.3 is 0 Å². The van der Waals surface area contributed by atoms with Gasteiger partial charge in [-0.15, -0.1) is 0 Å². The summed E-state index contributed by atoms with van der Waals surface area (Å²) < 4.78 is 12.9. The molecule has 0 spiro atoms. The molecule has 1 amide bonds. The Morgan fingerprint density at radius 3 is 2.61 bits per heavy atom. The number of aromatic nitrogens is 2. The molecule has 0 bridgehead atoms. The lowest BCUT2D eigenvalue weighted by Crippen LogP contribution is -2.34. The van der Waals surface area contributed by atoms with Crippen LogP contribution in [-0.4, -0.2) is 16.1 Å². The predicted molar refractivity (Wildman–Crippen MR) is 63.4 cm³/mol. The molecule has 2 aromatic rings. The van der Waals surface area contributed by atoms with Gasteiger partial charge in [0.2, 0.25) is 0 Å². The lowest BCUT2D eigenvalue weighted by atomic mass is 10.0. The second kappa shape index (κ2) is 3.94. The summed E-state index contributed by atoms with van der Waals surface area (Å²) in [7, 11) is 0. The van der Waals surface area contributed by atoms with Crippen LogP contribution in [0.4, 0.5) is 4.39 Å². The average molecular weight is 245 g/mol. The van der Waals surface area contributed by atoms with Gasteiger partial charge in [0.25, 0.3) is 5.91 Å². The number of carbonyl (C=O) groups is 1. The molecule has 0 saturated heterocycles. The molecule has 0 radical (unpaired) electrons. The monoisotopic (exact) mass is 245 g/mol. The van der Waals surface area contributed by atoms with Crippen LogP contribution in [0.3, 0.4) is 0 Å². The highest BCUT2D eigenvalue weighted by Gasteiger charge is 2.45. The molecule has 5 heteroatoms. The molecule has 0 aliphatic heterocycles. The van der Waals surface area contributed by atoms with E-state index in [1.54, 1.807) is 18.3 Å². The van der Waals surface area contributed by atoms with Crippen LogP contribution in [0.2, 0.25) is 0 Å². The minimum atomic E-state index is -0.331. The quantitative estimate of drug-likeness (QED) is 0.868. The van der Waals surface area contributed by atoms with Crippen molar-refractivity contribution in [2.45, 2.75) is 18.4 Å². The largest absolute Gasteiger partial charge is 0.342 e. The van der Waals surface area contributed by atoms with E-state index in [4.69, 9.17) is 0 Å². The van der Waals surface area contributed by atoms with Gasteiger partial charge in [-0.2, -0.15) is 5.10 Å². The number of hydrogen-bond acceptors (Lipinski definition) is 2. The maximum absolute atomic E-state index is 12.9. The normalized spacial score (nSPS) is 16.3. The molecule has 4 nitrogen and oxygen atoms in total. The summed E-state index contributed by atoms with van der Waals surface area (Å²) in [6, 6.07) is 6.27. The molecule has 1 aromatic carbocycles. The first-order valence-electron chi connectivity index (χ1n) is 5.77. The van der Waals surface area contributed by atoms with E-state index >= 15 is 0 Å².